The maximum absolute atomic E-state index is 13.8. The van der Waals surface area contributed by atoms with E-state index < -0.39 is 54.6 Å². The quantitative estimate of drug-likeness (QED) is 0.0799. The van der Waals surface area contributed by atoms with Gasteiger partial charge >= 0.3 is 12.3 Å². The molecule has 13 nitrogen and oxygen atoms in total. The first kappa shape index (κ1) is 46.1. The molecule has 0 radical (unpaired) electrons. The van der Waals surface area contributed by atoms with Crippen LogP contribution in [0.5, 0.6) is 0 Å². The van der Waals surface area contributed by atoms with Crippen LogP contribution < -0.4 is 10.6 Å². The first-order chi connectivity index (χ1) is 29.7. The van der Waals surface area contributed by atoms with E-state index in [1.165, 1.54) is 31.4 Å². The molecule has 1 saturated heterocycles. The number of aryl methyl sites for hydroxylation is 2. The first-order valence-corrected chi connectivity index (χ1v) is 20.9. The van der Waals surface area contributed by atoms with Crippen LogP contribution in [-0.2, 0) is 63.1 Å². The highest BCUT2D eigenvalue weighted by atomic mass is 19.4. The molecule has 1 aliphatic heterocycles. The van der Waals surface area contributed by atoms with E-state index in [1.54, 1.807) is 30.3 Å². The molecule has 62 heavy (non-hydrogen) atoms. The third kappa shape index (κ3) is 12.2. The van der Waals surface area contributed by atoms with Gasteiger partial charge in [0.1, 0.15) is 18.4 Å². The molecule has 0 aromatic heterocycles. The second kappa shape index (κ2) is 21.1. The fourth-order valence-electron chi connectivity index (χ4n) is 7.56. The zero-order valence-corrected chi connectivity index (χ0v) is 34.6. The number of amides is 5. The lowest BCUT2D eigenvalue weighted by atomic mass is 9.83. The number of rotatable bonds is 22. The van der Waals surface area contributed by atoms with Gasteiger partial charge in [0.2, 0.25) is 23.3 Å². The van der Waals surface area contributed by atoms with E-state index in [1.807, 2.05) is 12.1 Å². The number of fused-ring (bicyclic) bond motifs is 2. The van der Waals surface area contributed by atoms with Crippen molar-refractivity contribution in [1.29, 1.82) is 0 Å². The Balaban J connectivity index is 0.915. The van der Waals surface area contributed by atoms with Crippen molar-refractivity contribution in [1.82, 2.24) is 9.80 Å². The molecular formula is C45H52F4N4O9. The van der Waals surface area contributed by atoms with E-state index in [9.17, 15) is 41.5 Å². The zero-order chi connectivity index (χ0) is 44.3. The van der Waals surface area contributed by atoms with Gasteiger partial charge in [-0.25, -0.2) is 14.1 Å². The number of hydrogen-bond acceptors (Lipinski definition) is 9. The monoisotopic (exact) mass is 868 g/mol. The summed E-state index contributed by atoms with van der Waals surface area (Å²) in [5.74, 6) is -2.28. The molecule has 17 heteroatoms. The van der Waals surface area contributed by atoms with Crippen molar-refractivity contribution in [3.05, 3.63) is 94.8 Å². The molecule has 3 aliphatic rings. The number of hydrogen-bond donors (Lipinski definition) is 2. The fourth-order valence-corrected chi connectivity index (χ4v) is 7.56. The minimum atomic E-state index is -4.83. The molecule has 0 unspecified atom stereocenters. The smallest absolute Gasteiger partial charge is 0.418 e. The summed E-state index contributed by atoms with van der Waals surface area (Å²) in [7, 11) is 0. The molecule has 2 N–H and O–H groups in total. The number of ether oxygens (including phenoxy) is 4. The number of benzene rings is 3. The highest BCUT2D eigenvalue weighted by Crippen LogP contribution is 2.46. The number of nitrogens with one attached hydrogen (secondary N) is 2. The van der Waals surface area contributed by atoms with E-state index >= 15 is 0 Å². The molecule has 0 bridgehead atoms. The number of carbonyl (C=O) groups excluding carboxylic acids is 5. The summed E-state index contributed by atoms with van der Waals surface area (Å²) in [5, 5.41) is 5.67. The first-order valence-electron chi connectivity index (χ1n) is 20.9. The third-order valence-electron chi connectivity index (χ3n) is 11.5. The Morgan fingerprint density at radius 2 is 1.45 bits per heavy atom. The largest absolute Gasteiger partial charge is 0.427 e. The SMILES string of the molecule is C[C@H](N(Cc1ccc(F)cc1)C(=O)CN1C(=O)O[C@@]2(CCc3cc(NC(=O)CCc4ccc(NC(=O)CCOCCOCCOCCC5CCC5)cc4)ccc32)C1=O)C(F)(F)F. The Bertz CT molecular complexity index is 2050. The summed E-state index contributed by atoms with van der Waals surface area (Å²) in [6.45, 7) is 2.17. The molecule has 2 aliphatic carbocycles. The maximum Gasteiger partial charge on any atom is 0.418 e. The lowest BCUT2D eigenvalue weighted by Gasteiger charge is -2.31. The Morgan fingerprint density at radius 3 is 2.11 bits per heavy atom. The van der Waals surface area contributed by atoms with Crippen molar-refractivity contribution in [2.45, 2.75) is 89.1 Å². The summed E-state index contributed by atoms with van der Waals surface area (Å²) in [5.41, 5.74) is 1.34. The van der Waals surface area contributed by atoms with Gasteiger partial charge in [-0.3, -0.25) is 19.2 Å². The average molecular weight is 869 g/mol. The normalized spacial score (nSPS) is 17.7. The number of halogens is 4. The summed E-state index contributed by atoms with van der Waals surface area (Å²) < 4.78 is 77.0. The Kier molecular flexibility index (Phi) is 15.7. The summed E-state index contributed by atoms with van der Waals surface area (Å²) in [6.07, 6.45) is 0.163. The molecule has 334 valence electrons. The molecule has 6 rings (SSSR count). The van der Waals surface area contributed by atoms with Crippen LogP contribution in [0.4, 0.5) is 33.7 Å². The van der Waals surface area contributed by atoms with Crippen molar-refractivity contribution in [3.63, 3.8) is 0 Å². The lowest BCUT2D eigenvalue weighted by molar-refractivity contribution is -0.187. The van der Waals surface area contributed by atoms with Crippen molar-refractivity contribution in [3.8, 4) is 0 Å². The topological polar surface area (TPSA) is 153 Å². The second-order valence-corrected chi connectivity index (χ2v) is 15.8. The van der Waals surface area contributed by atoms with Gasteiger partial charge in [0.05, 0.1) is 39.5 Å². The van der Waals surface area contributed by atoms with Crippen LogP contribution in [0.3, 0.4) is 0 Å². The molecule has 5 amide bonds. The van der Waals surface area contributed by atoms with Gasteiger partial charge in [0.15, 0.2) is 0 Å². The second-order valence-electron chi connectivity index (χ2n) is 15.8. The Hall–Kier alpha value is -5.39. The molecule has 1 saturated carbocycles. The highest BCUT2D eigenvalue weighted by Gasteiger charge is 2.58. The molecule has 3 aromatic rings. The van der Waals surface area contributed by atoms with E-state index in [0.717, 1.165) is 43.6 Å². The van der Waals surface area contributed by atoms with Gasteiger partial charge in [-0.05, 0) is 85.2 Å². The van der Waals surface area contributed by atoms with Crippen LogP contribution in [0.15, 0.2) is 66.7 Å². The molecule has 1 heterocycles. The van der Waals surface area contributed by atoms with E-state index in [2.05, 4.69) is 10.6 Å². The van der Waals surface area contributed by atoms with Gasteiger partial charge in [-0.1, -0.05) is 49.6 Å². The van der Waals surface area contributed by atoms with E-state index in [4.69, 9.17) is 18.9 Å². The number of alkyl halides is 3. The standard InChI is InChI=1S/C45H52F4N4O9/c1-30(45(47,48)49)52(28-33-5-10-35(46)11-6-33)41(56)29-53-42(57)44(62-43(53)58)20-17-34-27-37(14-15-38(34)44)51-39(54)16-9-32-7-12-36(13-8-32)50-40(55)19-22-60-24-26-61-25-23-59-21-18-31-3-2-4-31/h5-8,10-15,27,30-31H,2-4,9,16-26,28-29H2,1H3,(H,50,55)(H,51,54)/t30-,44+/m0/s1. The minimum Gasteiger partial charge on any atom is -0.427 e. The molecule has 3 aromatic carbocycles. The van der Waals surface area contributed by atoms with Crippen LogP contribution in [0.2, 0.25) is 0 Å². The van der Waals surface area contributed by atoms with Crippen molar-refractivity contribution < 1.29 is 60.5 Å². The molecule has 1 spiro atoms. The molecule has 2 atom stereocenters. The van der Waals surface area contributed by atoms with Crippen LogP contribution in [0.25, 0.3) is 0 Å². The maximum atomic E-state index is 13.8. The van der Waals surface area contributed by atoms with Gasteiger partial charge in [0, 0.05) is 42.9 Å². The minimum absolute atomic E-state index is 0.0314. The van der Waals surface area contributed by atoms with Crippen LogP contribution in [0, 0.1) is 11.7 Å². The molecule has 2 fully saturated rings. The fraction of sp³-hybridized carbons (Fsp3) is 0.489. The number of carbonyl (C=O) groups is 5. The van der Waals surface area contributed by atoms with Gasteiger partial charge < -0.3 is 34.5 Å². The number of anilines is 2. The van der Waals surface area contributed by atoms with Crippen molar-refractivity contribution in [2.24, 2.45) is 5.92 Å². The third-order valence-corrected chi connectivity index (χ3v) is 11.5. The van der Waals surface area contributed by atoms with Crippen LogP contribution >= 0.6 is 0 Å². The Morgan fingerprint density at radius 1 is 0.839 bits per heavy atom. The zero-order valence-electron chi connectivity index (χ0n) is 34.6. The van der Waals surface area contributed by atoms with Gasteiger partial charge in [-0.15, -0.1) is 0 Å². The van der Waals surface area contributed by atoms with Crippen LogP contribution in [-0.4, -0.2) is 97.9 Å². The summed E-state index contributed by atoms with van der Waals surface area (Å²) in [6, 6.07) is 14.2. The van der Waals surface area contributed by atoms with Gasteiger partial charge in [-0.2, -0.15) is 13.2 Å². The predicted octanol–water partition coefficient (Wildman–Crippen LogP) is 7.07. The average Bonchev–Trinajstić information content (AvgIpc) is 3.70. The number of imide groups is 1. The van der Waals surface area contributed by atoms with Crippen molar-refractivity contribution in [2.75, 3.05) is 56.8 Å². The molecular weight excluding hydrogens is 817 g/mol. The van der Waals surface area contributed by atoms with Crippen molar-refractivity contribution >= 4 is 41.1 Å². The highest BCUT2D eigenvalue weighted by molar-refractivity contribution is 6.06. The number of nitrogens with zero attached hydrogens (tertiary/aromatic N) is 2. The van der Waals surface area contributed by atoms with Gasteiger partial charge in [0.25, 0.3) is 5.91 Å². The summed E-state index contributed by atoms with van der Waals surface area (Å²) in [4.78, 5) is 66.4. The Labute approximate surface area is 357 Å². The van der Waals surface area contributed by atoms with E-state index in [0.29, 0.717) is 65.1 Å². The summed E-state index contributed by atoms with van der Waals surface area (Å²) >= 11 is 0. The van der Waals surface area contributed by atoms with Crippen LogP contribution in [0.1, 0.15) is 74.1 Å². The van der Waals surface area contributed by atoms with E-state index in [-0.39, 0.29) is 49.7 Å². The lowest BCUT2D eigenvalue weighted by Crippen LogP contribution is -2.51. The predicted molar refractivity (Wildman–Crippen MR) is 218 cm³/mol.